The van der Waals surface area contributed by atoms with Gasteiger partial charge in [-0.25, -0.2) is 0 Å². The summed E-state index contributed by atoms with van der Waals surface area (Å²) in [6, 6.07) is 0. The molecule has 1 saturated heterocycles. The van der Waals surface area contributed by atoms with Gasteiger partial charge in [0, 0.05) is 26.7 Å². The first-order chi connectivity index (χ1) is 7.72. The van der Waals surface area contributed by atoms with E-state index >= 15 is 0 Å². The molecule has 0 radical (unpaired) electrons. The van der Waals surface area contributed by atoms with Crippen LogP contribution in [0.25, 0.3) is 0 Å². The van der Waals surface area contributed by atoms with Crippen LogP contribution in [0.5, 0.6) is 0 Å². The average Bonchev–Trinajstić information content (AvgIpc) is 2.24. The monoisotopic (exact) mass is 229 g/mol. The molecule has 1 rings (SSSR count). The number of aliphatic carboxylic acids is 1. The number of hydrogen-bond donors (Lipinski definition) is 1. The van der Waals surface area contributed by atoms with Crippen LogP contribution in [-0.4, -0.2) is 49.3 Å². The molecule has 1 N–H and O–H groups in total. The molecule has 1 aliphatic rings. The van der Waals surface area contributed by atoms with Crippen LogP contribution < -0.4 is 0 Å². The Morgan fingerprint density at radius 3 is 3.00 bits per heavy atom. The molecule has 0 aromatic heterocycles. The van der Waals surface area contributed by atoms with Crippen LogP contribution >= 0.6 is 0 Å². The first-order valence-electron chi connectivity index (χ1n) is 6.15. The van der Waals surface area contributed by atoms with Gasteiger partial charge in [0.1, 0.15) is 0 Å². The van der Waals surface area contributed by atoms with Gasteiger partial charge in [-0.05, 0) is 44.7 Å². The number of unbranched alkanes of at least 4 members (excludes halogenated alkanes) is 1. The molecule has 1 heterocycles. The number of hydrogen-bond acceptors (Lipinski definition) is 3. The first kappa shape index (κ1) is 13.5. The fourth-order valence-electron chi connectivity index (χ4n) is 2.35. The van der Waals surface area contributed by atoms with Gasteiger partial charge >= 0.3 is 5.97 Å². The van der Waals surface area contributed by atoms with E-state index in [1.54, 1.807) is 7.11 Å². The second-order valence-electron chi connectivity index (χ2n) is 4.61. The number of nitrogens with zero attached hydrogens (tertiary/aromatic N) is 1. The molecule has 0 aliphatic carbocycles. The van der Waals surface area contributed by atoms with Crippen LogP contribution in [0.3, 0.4) is 0 Å². The van der Waals surface area contributed by atoms with Gasteiger partial charge < -0.3 is 14.7 Å². The summed E-state index contributed by atoms with van der Waals surface area (Å²) < 4.78 is 5.01. The summed E-state index contributed by atoms with van der Waals surface area (Å²) in [5.41, 5.74) is 0. The third kappa shape index (κ3) is 5.47. The maximum atomic E-state index is 10.6. The van der Waals surface area contributed by atoms with Crippen molar-refractivity contribution in [3.63, 3.8) is 0 Å². The van der Waals surface area contributed by atoms with Crippen molar-refractivity contribution in [1.29, 1.82) is 0 Å². The molecular weight excluding hydrogens is 206 g/mol. The predicted molar refractivity (Wildman–Crippen MR) is 62.5 cm³/mol. The van der Waals surface area contributed by atoms with E-state index in [0.29, 0.717) is 12.3 Å². The fourth-order valence-corrected chi connectivity index (χ4v) is 2.35. The Bertz CT molecular complexity index is 208. The zero-order chi connectivity index (χ0) is 11.8. The number of piperidine rings is 1. The molecule has 4 nitrogen and oxygen atoms in total. The highest BCUT2D eigenvalue weighted by Gasteiger charge is 2.21. The van der Waals surface area contributed by atoms with Crippen molar-refractivity contribution >= 4 is 5.97 Å². The minimum atomic E-state index is -0.661. The van der Waals surface area contributed by atoms with Crippen LogP contribution in [0, 0.1) is 5.92 Å². The standard InChI is InChI=1S/C12H23NO3/c1-16-8-3-2-6-13-7-4-5-11(10-13)9-12(14)15/h11H,2-10H2,1H3,(H,14,15). The molecule has 0 aromatic rings. The van der Waals surface area contributed by atoms with E-state index in [9.17, 15) is 4.79 Å². The number of methoxy groups -OCH3 is 1. The Morgan fingerprint density at radius 2 is 2.31 bits per heavy atom. The third-order valence-corrected chi connectivity index (χ3v) is 3.14. The molecule has 1 fully saturated rings. The highest BCUT2D eigenvalue weighted by Crippen LogP contribution is 2.19. The van der Waals surface area contributed by atoms with Gasteiger partial charge in [-0.2, -0.15) is 0 Å². The molecule has 1 atom stereocenters. The van der Waals surface area contributed by atoms with Crippen LogP contribution in [0.1, 0.15) is 32.1 Å². The molecule has 4 heteroatoms. The summed E-state index contributed by atoms with van der Waals surface area (Å²) in [7, 11) is 1.73. The zero-order valence-electron chi connectivity index (χ0n) is 10.2. The molecule has 0 spiro atoms. The molecule has 0 bridgehead atoms. The van der Waals surface area contributed by atoms with Crippen molar-refractivity contribution in [1.82, 2.24) is 4.90 Å². The maximum Gasteiger partial charge on any atom is 0.303 e. The summed E-state index contributed by atoms with van der Waals surface area (Å²) in [5, 5.41) is 8.76. The normalized spacial score (nSPS) is 22.2. The van der Waals surface area contributed by atoms with Crippen molar-refractivity contribution in [2.75, 3.05) is 33.4 Å². The van der Waals surface area contributed by atoms with Gasteiger partial charge in [-0.1, -0.05) is 0 Å². The number of rotatable bonds is 7. The van der Waals surface area contributed by atoms with Crippen molar-refractivity contribution in [2.24, 2.45) is 5.92 Å². The summed E-state index contributed by atoms with van der Waals surface area (Å²) in [4.78, 5) is 13.0. The van der Waals surface area contributed by atoms with Crippen LogP contribution in [0.2, 0.25) is 0 Å². The molecule has 0 aromatic carbocycles. The van der Waals surface area contributed by atoms with E-state index in [4.69, 9.17) is 9.84 Å². The fraction of sp³-hybridized carbons (Fsp3) is 0.917. The Balaban J connectivity index is 2.14. The van der Waals surface area contributed by atoms with E-state index in [2.05, 4.69) is 4.90 Å². The van der Waals surface area contributed by atoms with Crippen molar-refractivity contribution in [3.05, 3.63) is 0 Å². The van der Waals surface area contributed by atoms with E-state index in [1.165, 1.54) is 0 Å². The van der Waals surface area contributed by atoms with E-state index in [-0.39, 0.29) is 0 Å². The average molecular weight is 229 g/mol. The molecule has 94 valence electrons. The minimum Gasteiger partial charge on any atom is -0.481 e. The number of carbonyl (C=O) groups is 1. The topological polar surface area (TPSA) is 49.8 Å². The van der Waals surface area contributed by atoms with E-state index in [0.717, 1.165) is 51.9 Å². The smallest absolute Gasteiger partial charge is 0.303 e. The Hall–Kier alpha value is -0.610. The quantitative estimate of drug-likeness (QED) is 0.674. The lowest BCUT2D eigenvalue weighted by molar-refractivity contribution is -0.138. The summed E-state index contributed by atoms with van der Waals surface area (Å²) in [5.74, 6) is -0.306. The first-order valence-corrected chi connectivity index (χ1v) is 6.15. The Kier molecular flexibility index (Phi) is 6.42. The van der Waals surface area contributed by atoms with Crippen LogP contribution in [0.15, 0.2) is 0 Å². The van der Waals surface area contributed by atoms with Crippen molar-refractivity contribution in [3.8, 4) is 0 Å². The molecule has 0 saturated carbocycles. The van der Waals surface area contributed by atoms with Crippen LogP contribution in [-0.2, 0) is 9.53 Å². The lowest BCUT2D eigenvalue weighted by Gasteiger charge is -2.31. The van der Waals surface area contributed by atoms with Crippen molar-refractivity contribution in [2.45, 2.75) is 32.1 Å². The number of ether oxygens (including phenoxy) is 1. The van der Waals surface area contributed by atoms with E-state index < -0.39 is 5.97 Å². The predicted octanol–water partition coefficient (Wildman–Crippen LogP) is 1.60. The summed E-state index contributed by atoms with van der Waals surface area (Å²) in [6.45, 7) is 3.99. The van der Waals surface area contributed by atoms with Gasteiger partial charge in [-0.3, -0.25) is 4.79 Å². The lowest BCUT2D eigenvalue weighted by Crippen LogP contribution is -2.36. The van der Waals surface area contributed by atoms with Gasteiger partial charge in [0.2, 0.25) is 0 Å². The molecule has 1 unspecified atom stereocenters. The number of likely N-dealkylation sites (tertiary alicyclic amines) is 1. The molecule has 0 amide bonds. The molecule has 1 aliphatic heterocycles. The molecule has 16 heavy (non-hydrogen) atoms. The van der Waals surface area contributed by atoms with E-state index in [1.807, 2.05) is 0 Å². The number of carboxylic acids is 1. The highest BCUT2D eigenvalue weighted by atomic mass is 16.5. The van der Waals surface area contributed by atoms with Crippen molar-refractivity contribution < 1.29 is 14.6 Å². The van der Waals surface area contributed by atoms with Gasteiger partial charge in [-0.15, -0.1) is 0 Å². The van der Waals surface area contributed by atoms with Crippen LogP contribution in [0.4, 0.5) is 0 Å². The lowest BCUT2D eigenvalue weighted by atomic mass is 9.95. The summed E-state index contributed by atoms with van der Waals surface area (Å²) in [6.07, 6.45) is 4.78. The maximum absolute atomic E-state index is 10.6. The zero-order valence-corrected chi connectivity index (χ0v) is 10.2. The summed E-state index contributed by atoms with van der Waals surface area (Å²) >= 11 is 0. The second kappa shape index (κ2) is 7.63. The Morgan fingerprint density at radius 1 is 1.50 bits per heavy atom. The van der Waals surface area contributed by atoms with Gasteiger partial charge in [0.05, 0.1) is 0 Å². The largest absolute Gasteiger partial charge is 0.481 e. The Labute approximate surface area is 97.6 Å². The van der Waals surface area contributed by atoms with Gasteiger partial charge in [0.15, 0.2) is 0 Å². The minimum absolute atomic E-state index is 0.328. The van der Waals surface area contributed by atoms with Gasteiger partial charge in [0.25, 0.3) is 0 Å². The number of carboxylic acid groups (broad SMARTS) is 1. The second-order valence-corrected chi connectivity index (χ2v) is 4.61. The highest BCUT2D eigenvalue weighted by molar-refractivity contribution is 5.67. The third-order valence-electron chi connectivity index (χ3n) is 3.14. The SMILES string of the molecule is COCCCCN1CCCC(CC(=O)O)C1. The molecular formula is C12H23NO3.